The van der Waals surface area contributed by atoms with Crippen molar-refractivity contribution in [3.8, 4) is 0 Å². The van der Waals surface area contributed by atoms with E-state index in [9.17, 15) is 9.00 Å². The molecule has 0 aromatic carbocycles. The minimum atomic E-state index is -1.03. The summed E-state index contributed by atoms with van der Waals surface area (Å²) >= 11 is 0. The molecule has 0 amide bonds. The van der Waals surface area contributed by atoms with E-state index in [1.54, 1.807) is 0 Å². The van der Waals surface area contributed by atoms with E-state index in [1.807, 2.05) is 6.92 Å². The minimum Gasteiger partial charge on any atom is -0.478 e. The van der Waals surface area contributed by atoms with Crippen molar-refractivity contribution >= 4 is 16.8 Å². The average Bonchev–Trinajstić information content (AvgIpc) is 2.53. The summed E-state index contributed by atoms with van der Waals surface area (Å²) in [6.45, 7) is 1.95. The highest BCUT2D eigenvalue weighted by Gasteiger charge is 2.10. The molecular weight excluding hydrogens is 204 g/mol. The van der Waals surface area contributed by atoms with Crippen LogP contribution in [0.25, 0.3) is 0 Å². The van der Waals surface area contributed by atoms with Gasteiger partial charge in [0.2, 0.25) is 0 Å². The van der Waals surface area contributed by atoms with Crippen molar-refractivity contribution in [2.24, 2.45) is 0 Å². The summed E-state index contributed by atoms with van der Waals surface area (Å²) in [5.74, 6) is 0.347. The molecule has 0 radical (unpaired) electrons. The number of hydrogen-bond donors (Lipinski definition) is 1. The lowest BCUT2D eigenvalue weighted by Crippen LogP contribution is -1.99. The van der Waals surface area contributed by atoms with E-state index < -0.39 is 16.8 Å². The van der Waals surface area contributed by atoms with E-state index in [4.69, 9.17) is 9.52 Å². The highest BCUT2D eigenvalue weighted by Crippen LogP contribution is 2.10. The molecule has 1 N–H and O–H groups in total. The van der Waals surface area contributed by atoms with E-state index in [2.05, 4.69) is 0 Å². The molecule has 0 aliphatic carbocycles. The predicted molar refractivity (Wildman–Crippen MR) is 52.7 cm³/mol. The summed E-state index contributed by atoms with van der Waals surface area (Å²) < 4.78 is 16.3. The summed E-state index contributed by atoms with van der Waals surface area (Å²) in [7, 11) is -0.958. The minimum absolute atomic E-state index is 0.105. The summed E-state index contributed by atoms with van der Waals surface area (Å²) in [6.07, 6.45) is 2.01. The first-order valence-corrected chi connectivity index (χ1v) is 5.78. The van der Waals surface area contributed by atoms with Crippen molar-refractivity contribution in [3.05, 3.63) is 23.7 Å². The maximum atomic E-state index is 11.3. The van der Waals surface area contributed by atoms with Gasteiger partial charge in [0.15, 0.2) is 0 Å². The van der Waals surface area contributed by atoms with E-state index >= 15 is 0 Å². The molecule has 1 heterocycles. The van der Waals surface area contributed by atoms with E-state index in [-0.39, 0.29) is 5.56 Å². The van der Waals surface area contributed by atoms with Crippen molar-refractivity contribution in [2.75, 3.05) is 5.75 Å². The van der Waals surface area contributed by atoms with Crippen LogP contribution < -0.4 is 0 Å². The van der Waals surface area contributed by atoms with E-state index in [0.29, 0.717) is 17.3 Å². The highest BCUT2D eigenvalue weighted by atomic mass is 32.2. The SMILES string of the molecule is CCCS(=O)Cc1cc(C(=O)O)co1. The average molecular weight is 216 g/mol. The molecule has 0 fully saturated rings. The van der Waals surface area contributed by atoms with E-state index in [1.165, 1.54) is 12.3 Å². The first kappa shape index (κ1) is 11.0. The van der Waals surface area contributed by atoms with Gasteiger partial charge in [-0.2, -0.15) is 0 Å². The second-order valence-corrected chi connectivity index (χ2v) is 4.47. The molecule has 14 heavy (non-hydrogen) atoms. The zero-order valence-corrected chi connectivity index (χ0v) is 8.67. The van der Waals surface area contributed by atoms with Crippen LogP contribution >= 0.6 is 0 Å². The first-order valence-electron chi connectivity index (χ1n) is 4.29. The molecule has 1 rings (SSSR count). The summed E-state index contributed by atoms with van der Waals surface area (Å²) in [5.41, 5.74) is 0.105. The smallest absolute Gasteiger partial charge is 0.338 e. The van der Waals surface area contributed by atoms with Crippen molar-refractivity contribution in [2.45, 2.75) is 19.1 Å². The number of rotatable bonds is 5. The summed E-state index contributed by atoms with van der Waals surface area (Å²) in [5, 5.41) is 8.60. The van der Waals surface area contributed by atoms with Gasteiger partial charge in [-0.05, 0) is 12.5 Å². The third-order valence-electron chi connectivity index (χ3n) is 1.64. The zero-order chi connectivity index (χ0) is 10.6. The standard InChI is InChI=1S/C9H12O4S/c1-2-3-14(12)6-8-4-7(5-13-8)9(10)11/h4-5H,2-3,6H2,1H3,(H,10,11). The number of carbonyl (C=O) groups is 1. The lowest BCUT2D eigenvalue weighted by Gasteiger charge is -1.95. The van der Waals surface area contributed by atoms with Gasteiger partial charge in [0, 0.05) is 16.6 Å². The van der Waals surface area contributed by atoms with Gasteiger partial charge in [0.05, 0.1) is 11.3 Å². The van der Waals surface area contributed by atoms with Gasteiger partial charge in [-0.3, -0.25) is 4.21 Å². The summed E-state index contributed by atoms with van der Waals surface area (Å²) in [4.78, 5) is 10.5. The Morgan fingerprint density at radius 1 is 1.64 bits per heavy atom. The van der Waals surface area contributed by atoms with Crippen LogP contribution in [0, 0.1) is 0 Å². The number of carboxylic acids is 1. The normalized spacial score (nSPS) is 12.6. The Labute approximate surface area is 84.4 Å². The van der Waals surface area contributed by atoms with Gasteiger partial charge in [-0.25, -0.2) is 4.79 Å². The molecule has 0 saturated heterocycles. The lowest BCUT2D eigenvalue weighted by molar-refractivity contribution is 0.0696. The molecule has 78 valence electrons. The van der Waals surface area contributed by atoms with Gasteiger partial charge in [-0.15, -0.1) is 0 Å². The second kappa shape index (κ2) is 4.95. The first-order chi connectivity index (χ1) is 6.63. The van der Waals surface area contributed by atoms with Crippen molar-refractivity contribution in [1.82, 2.24) is 0 Å². The predicted octanol–water partition coefficient (Wildman–Crippen LogP) is 1.64. The second-order valence-electron chi connectivity index (χ2n) is 2.90. The number of hydrogen-bond acceptors (Lipinski definition) is 3. The third-order valence-corrected chi connectivity index (χ3v) is 3.11. The van der Waals surface area contributed by atoms with Gasteiger partial charge in [0.1, 0.15) is 12.0 Å². The monoisotopic (exact) mass is 216 g/mol. The van der Waals surface area contributed by atoms with Gasteiger partial charge < -0.3 is 9.52 Å². The fraction of sp³-hybridized carbons (Fsp3) is 0.444. The lowest BCUT2D eigenvalue weighted by atomic mass is 10.3. The quantitative estimate of drug-likeness (QED) is 0.812. The Balaban J connectivity index is 2.59. The molecule has 1 unspecified atom stereocenters. The Bertz CT molecular complexity index is 342. The van der Waals surface area contributed by atoms with Crippen LogP contribution in [0.1, 0.15) is 29.5 Å². The molecule has 0 aliphatic heterocycles. The zero-order valence-electron chi connectivity index (χ0n) is 7.86. The number of furan rings is 1. The molecule has 5 heteroatoms. The van der Waals surface area contributed by atoms with Gasteiger partial charge in [-0.1, -0.05) is 6.92 Å². The fourth-order valence-electron chi connectivity index (χ4n) is 1.03. The maximum absolute atomic E-state index is 11.3. The van der Waals surface area contributed by atoms with Crippen LogP contribution in [-0.4, -0.2) is 21.0 Å². The maximum Gasteiger partial charge on any atom is 0.338 e. The molecule has 4 nitrogen and oxygen atoms in total. The molecule has 1 atom stereocenters. The Morgan fingerprint density at radius 2 is 2.36 bits per heavy atom. The number of aromatic carboxylic acids is 1. The van der Waals surface area contributed by atoms with Crippen LogP contribution in [0.5, 0.6) is 0 Å². The Kier molecular flexibility index (Phi) is 3.88. The van der Waals surface area contributed by atoms with Crippen LogP contribution in [0.2, 0.25) is 0 Å². The Morgan fingerprint density at radius 3 is 2.86 bits per heavy atom. The van der Waals surface area contributed by atoms with Crippen LogP contribution in [0.15, 0.2) is 16.7 Å². The van der Waals surface area contributed by atoms with Crippen LogP contribution in [-0.2, 0) is 16.6 Å². The fourth-order valence-corrected chi connectivity index (χ4v) is 2.10. The third kappa shape index (κ3) is 2.99. The highest BCUT2D eigenvalue weighted by molar-refractivity contribution is 7.84. The molecule has 0 bridgehead atoms. The molecule has 1 aromatic heterocycles. The van der Waals surface area contributed by atoms with Crippen molar-refractivity contribution < 1.29 is 18.5 Å². The van der Waals surface area contributed by atoms with Gasteiger partial charge in [0.25, 0.3) is 0 Å². The number of carboxylic acid groups (broad SMARTS) is 1. The van der Waals surface area contributed by atoms with E-state index in [0.717, 1.165) is 6.42 Å². The van der Waals surface area contributed by atoms with Crippen LogP contribution in [0.3, 0.4) is 0 Å². The van der Waals surface area contributed by atoms with Crippen molar-refractivity contribution in [3.63, 3.8) is 0 Å². The molecule has 1 aromatic rings. The molecular formula is C9H12O4S. The van der Waals surface area contributed by atoms with Crippen molar-refractivity contribution in [1.29, 1.82) is 0 Å². The summed E-state index contributed by atoms with van der Waals surface area (Å²) in [6, 6.07) is 1.41. The molecule has 0 saturated carbocycles. The van der Waals surface area contributed by atoms with Crippen LogP contribution in [0.4, 0.5) is 0 Å². The van der Waals surface area contributed by atoms with Gasteiger partial charge >= 0.3 is 5.97 Å². The molecule has 0 aliphatic rings. The molecule has 0 spiro atoms. The largest absolute Gasteiger partial charge is 0.478 e. The topological polar surface area (TPSA) is 67.5 Å². The Hall–Kier alpha value is -1.10.